The van der Waals surface area contributed by atoms with Gasteiger partial charge in [0.1, 0.15) is 5.75 Å². The van der Waals surface area contributed by atoms with Gasteiger partial charge in [0.15, 0.2) is 0 Å². The van der Waals surface area contributed by atoms with Crippen LogP contribution in [0.25, 0.3) is 11.1 Å². The number of hydrogen-bond donors (Lipinski definition) is 1. The maximum Gasteiger partial charge on any atom is 0.313 e. The Bertz CT molecular complexity index is 672. The summed E-state index contributed by atoms with van der Waals surface area (Å²) in [6.07, 6.45) is 14.0. The molecule has 2 rings (SSSR count). The maximum absolute atomic E-state index is 10.2. The molecule has 0 aliphatic rings. The molecule has 0 bridgehead atoms. The Balaban J connectivity index is 1.50. The standard InChI is InChI=1S/C26H37IO2Si/c1-2-3-4-5-6-7-8-9-10-11-12-25(28)21-30-29-26-19-15-23(16-20-26)22-13-17-24(27)18-14-22/h13-20,25,28H,2-12,21H2,1H3. The summed E-state index contributed by atoms with van der Waals surface area (Å²) in [5.74, 6) is 0.883. The van der Waals surface area contributed by atoms with E-state index in [4.69, 9.17) is 4.43 Å². The molecule has 0 aliphatic carbocycles. The lowest BCUT2D eigenvalue weighted by Gasteiger charge is -2.11. The van der Waals surface area contributed by atoms with E-state index < -0.39 is 0 Å². The van der Waals surface area contributed by atoms with E-state index in [-0.39, 0.29) is 6.10 Å². The zero-order chi connectivity index (χ0) is 21.4. The zero-order valence-electron chi connectivity index (χ0n) is 18.4. The van der Waals surface area contributed by atoms with Gasteiger partial charge in [0.05, 0.1) is 6.10 Å². The predicted molar refractivity (Wildman–Crippen MR) is 138 cm³/mol. The lowest BCUT2D eigenvalue weighted by molar-refractivity contribution is 0.178. The smallest absolute Gasteiger partial charge is 0.313 e. The summed E-state index contributed by atoms with van der Waals surface area (Å²) >= 11 is 2.32. The molecule has 0 amide bonds. The molecule has 0 aliphatic heterocycles. The summed E-state index contributed by atoms with van der Waals surface area (Å²) in [7, 11) is 0.312. The summed E-state index contributed by atoms with van der Waals surface area (Å²) < 4.78 is 7.10. The van der Waals surface area contributed by atoms with Gasteiger partial charge in [-0.25, -0.2) is 0 Å². The second kappa shape index (κ2) is 15.9. The molecular formula is C26H37IO2Si. The van der Waals surface area contributed by atoms with Crippen molar-refractivity contribution in [3.63, 3.8) is 0 Å². The molecule has 0 saturated heterocycles. The number of halogens is 1. The molecule has 0 spiro atoms. The second-order valence-corrected chi connectivity index (χ2v) is 10.3. The topological polar surface area (TPSA) is 29.5 Å². The van der Waals surface area contributed by atoms with Crippen molar-refractivity contribution in [2.75, 3.05) is 0 Å². The normalized spacial score (nSPS) is 12.1. The van der Waals surface area contributed by atoms with E-state index in [0.717, 1.165) is 24.6 Å². The van der Waals surface area contributed by atoms with Gasteiger partial charge in [-0.2, -0.15) is 0 Å². The highest BCUT2D eigenvalue weighted by Crippen LogP contribution is 2.23. The molecule has 2 nitrogen and oxygen atoms in total. The van der Waals surface area contributed by atoms with E-state index in [1.807, 2.05) is 12.1 Å². The quantitative estimate of drug-likeness (QED) is 0.134. The fraction of sp³-hybridized carbons (Fsp3) is 0.538. The van der Waals surface area contributed by atoms with E-state index in [0.29, 0.717) is 9.76 Å². The molecule has 1 N–H and O–H groups in total. The van der Waals surface area contributed by atoms with Gasteiger partial charge in [-0.1, -0.05) is 95.4 Å². The minimum Gasteiger partial charge on any atom is -0.541 e. The summed E-state index contributed by atoms with van der Waals surface area (Å²) in [6.45, 7) is 2.27. The summed E-state index contributed by atoms with van der Waals surface area (Å²) in [5.41, 5.74) is 2.42. The lowest BCUT2D eigenvalue weighted by atomic mass is 10.1. The van der Waals surface area contributed by atoms with E-state index in [2.05, 4.69) is 65.9 Å². The molecule has 164 valence electrons. The van der Waals surface area contributed by atoms with Crippen LogP contribution in [0.3, 0.4) is 0 Å². The van der Waals surface area contributed by atoms with Crippen LogP contribution in [0, 0.1) is 3.57 Å². The highest BCUT2D eigenvalue weighted by Gasteiger charge is 2.07. The zero-order valence-corrected chi connectivity index (χ0v) is 21.6. The molecule has 2 aromatic rings. The molecule has 30 heavy (non-hydrogen) atoms. The molecule has 0 fully saturated rings. The number of unbranched alkanes of at least 4 members (excludes halogenated alkanes) is 9. The van der Waals surface area contributed by atoms with Gasteiger partial charge in [-0.15, -0.1) is 0 Å². The number of rotatable bonds is 16. The monoisotopic (exact) mass is 536 g/mol. The Labute approximate surface area is 199 Å². The highest BCUT2D eigenvalue weighted by atomic mass is 127. The lowest BCUT2D eigenvalue weighted by Crippen LogP contribution is -2.13. The molecule has 1 unspecified atom stereocenters. The van der Waals surface area contributed by atoms with Crippen molar-refractivity contribution < 1.29 is 9.53 Å². The first-order valence-corrected chi connectivity index (χ1v) is 13.8. The number of hydrogen-bond acceptors (Lipinski definition) is 2. The van der Waals surface area contributed by atoms with Crippen molar-refractivity contribution >= 4 is 32.4 Å². The third-order valence-electron chi connectivity index (χ3n) is 5.43. The van der Waals surface area contributed by atoms with Gasteiger partial charge in [0, 0.05) is 9.61 Å². The third-order valence-corrected chi connectivity index (χ3v) is 7.17. The van der Waals surface area contributed by atoms with Crippen molar-refractivity contribution in [2.24, 2.45) is 0 Å². The van der Waals surface area contributed by atoms with Crippen LogP contribution < -0.4 is 4.43 Å². The van der Waals surface area contributed by atoms with Crippen molar-refractivity contribution in [1.29, 1.82) is 0 Å². The third kappa shape index (κ3) is 11.0. The molecule has 0 saturated carbocycles. The van der Waals surface area contributed by atoms with Crippen molar-refractivity contribution in [2.45, 2.75) is 89.7 Å². The first-order valence-electron chi connectivity index (χ1n) is 11.6. The predicted octanol–water partition coefficient (Wildman–Crippen LogP) is 8.05. The van der Waals surface area contributed by atoms with Gasteiger partial charge in [-0.3, -0.25) is 0 Å². The Morgan fingerprint density at radius 2 is 1.27 bits per heavy atom. The van der Waals surface area contributed by atoms with Gasteiger partial charge in [0.25, 0.3) is 0 Å². The molecule has 4 heteroatoms. The minimum absolute atomic E-state index is 0.233. The van der Waals surface area contributed by atoms with Crippen LogP contribution in [0.2, 0.25) is 6.04 Å². The fourth-order valence-corrected chi connectivity index (χ4v) is 4.69. The van der Waals surface area contributed by atoms with E-state index >= 15 is 0 Å². The first kappa shape index (κ1) is 25.4. The molecular weight excluding hydrogens is 499 g/mol. The van der Waals surface area contributed by atoms with Crippen LogP contribution in [0.15, 0.2) is 48.5 Å². The largest absolute Gasteiger partial charge is 0.541 e. The fourth-order valence-electron chi connectivity index (χ4n) is 3.55. The van der Waals surface area contributed by atoms with Crippen LogP contribution in [-0.2, 0) is 0 Å². The minimum atomic E-state index is -0.233. The van der Waals surface area contributed by atoms with Crippen molar-refractivity contribution in [3.8, 4) is 16.9 Å². The number of aliphatic hydroxyl groups is 1. The van der Waals surface area contributed by atoms with Crippen LogP contribution in [0.5, 0.6) is 5.75 Å². The van der Waals surface area contributed by atoms with Crippen molar-refractivity contribution in [1.82, 2.24) is 0 Å². The molecule has 1 atom stereocenters. The van der Waals surface area contributed by atoms with Crippen LogP contribution in [0.1, 0.15) is 77.6 Å². The van der Waals surface area contributed by atoms with E-state index in [1.54, 1.807) is 0 Å². The molecule has 0 heterocycles. The Morgan fingerprint density at radius 1 is 0.767 bits per heavy atom. The first-order chi connectivity index (χ1) is 14.7. The SMILES string of the molecule is CCCCCCCCCCCCC(O)C[Si]Oc1ccc(-c2ccc(I)cc2)cc1. The summed E-state index contributed by atoms with van der Waals surface area (Å²) in [6, 6.07) is 17.5. The van der Waals surface area contributed by atoms with Crippen LogP contribution >= 0.6 is 22.6 Å². The Kier molecular flexibility index (Phi) is 13.4. The summed E-state index contributed by atoms with van der Waals surface area (Å²) in [4.78, 5) is 0. The van der Waals surface area contributed by atoms with Crippen LogP contribution in [0.4, 0.5) is 0 Å². The van der Waals surface area contributed by atoms with Gasteiger partial charge < -0.3 is 9.53 Å². The average molecular weight is 537 g/mol. The van der Waals surface area contributed by atoms with Gasteiger partial charge in [0.2, 0.25) is 0 Å². The van der Waals surface area contributed by atoms with Gasteiger partial charge in [-0.05, 0) is 64.4 Å². The number of aliphatic hydroxyl groups excluding tert-OH is 1. The highest BCUT2D eigenvalue weighted by molar-refractivity contribution is 14.1. The molecule has 2 aromatic carbocycles. The van der Waals surface area contributed by atoms with E-state index in [9.17, 15) is 5.11 Å². The summed E-state index contributed by atoms with van der Waals surface area (Å²) in [5, 5.41) is 10.2. The number of benzene rings is 2. The Hall–Kier alpha value is -0.853. The maximum atomic E-state index is 10.2. The van der Waals surface area contributed by atoms with Gasteiger partial charge >= 0.3 is 9.76 Å². The Morgan fingerprint density at radius 3 is 1.83 bits per heavy atom. The van der Waals surface area contributed by atoms with Crippen molar-refractivity contribution in [3.05, 3.63) is 52.1 Å². The van der Waals surface area contributed by atoms with Crippen LogP contribution in [-0.4, -0.2) is 21.0 Å². The second-order valence-electron chi connectivity index (χ2n) is 8.11. The average Bonchev–Trinajstić information content (AvgIpc) is 2.76. The molecule has 2 radical (unpaired) electrons. The van der Waals surface area contributed by atoms with E-state index in [1.165, 1.54) is 72.5 Å². The molecule has 0 aromatic heterocycles.